The predicted molar refractivity (Wildman–Crippen MR) is 115 cm³/mol. The van der Waals surface area contributed by atoms with Gasteiger partial charge in [0.15, 0.2) is 9.84 Å². The lowest BCUT2D eigenvalue weighted by atomic mass is 10.0. The Hall–Kier alpha value is -2.69. The number of sulfone groups is 1. The lowest BCUT2D eigenvalue weighted by Gasteiger charge is -2.22. The number of hydrogen-bond donors (Lipinski definition) is 3. The van der Waals surface area contributed by atoms with Gasteiger partial charge in [-0.05, 0) is 42.0 Å². The summed E-state index contributed by atoms with van der Waals surface area (Å²) in [5, 5.41) is 16.1. The Morgan fingerprint density at radius 1 is 1.29 bits per heavy atom. The number of nitrogens with zero attached hydrogens (tertiary/aromatic N) is 1. The number of aliphatic hydroxyl groups is 1. The van der Waals surface area contributed by atoms with Gasteiger partial charge in [-0.15, -0.1) is 0 Å². The Morgan fingerprint density at radius 3 is 2.71 bits per heavy atom. The van der Waals surface area contributed by atoms with Crippen molar-refractivity contribution in [3.63, 3.8) is 0 Å². The van der Waals surface area contributed by atoms with Crippen LogP contribution in [0.25, 0.3) is 0 Å². The molecule has 2 amide bonds. The Kier molecular flexibility index (Phi) is 6.54. The van der Waals surface area contributed by atoms with Crippen LogP contribution in [0.2, 0.25) is 5.02 Å². The third-order valence-corrected chi connectivity index (χ3v) is 5.63. The second-order valence-electron chi connectivity index (χ2n) is 7.32. The van der Waals surface area contributed by atoms with Crippen LogP contribution in [0.4, 0.5) is 15.8 Å². The molecule has 1 heterocycles. The first-order valence-corrected chi connectivity index (χ1v) is 11.7. The minimum Gasteiger partial charge on any atom is -0.372 e. The molecular weight excluding hydrogens is 449 g/mol. The Balaban J connectivity index is 1.69. The highest BCUT2D eigenvalue weighted by atomic mass is 35.5. The summed E-state index contributed by atoms with van der Waals surface area (Å²) in [5.74, 6) is -2.54. The number of halogens is 2. The number of carbonyl (C=O) groups is 2. The molecule has 2 aromatic rings. The zero-order chi connectivity index (χ0) is 22.8. The van der Waals surface area contributed by atoms with E-state index in [2.05, 4.69) is 10.6 Å². The minimum atomic E-state index is -3.25. The van der Waals surface area contributed by atoms with Crippen molar-refractivity contribution >= 4 is 44.6 Å². The first-order valence-electron chi connectivity index (χ1n) is 9.27. The maximum Gasteiger partial charge on any atom is 0.268 e. The van der Waals surface area contributed by atoms with Gasteiger partial charge in [-0.25, -0.2) is 12.8 Å². The van der Waals surface area contributed by atoms with Crippen molar-refractivity contribution in [2.24, 2.45) is 0 Å². The van der Waals surface area contributed by atoms with Gasteiger partial charge in [0.05, 0.1) is 0 Å². The SMILES string of the molecule is CS(=O)(=O)CNc1cccc(N2CCC(O)(C(=O)NCc3cc(F)cc(Cl)c3)C2=O)c1. The third kappa shape index (κ3) is 5.52. The summed E-state index contributed by atoms with van der Waals surface area (Å²) < 4.78 is 36.1. The third-order valence-electron chi connectivity index (χ3n) is 4.74. The fourth-order valence-corrected chi connectivity index (χ4v) is 3.88. The van der Waals surface area contributed by atoms with Gasteiger partial charge < -0.3 is 20.6 Å². The average Bonchev–Trinajstić information content (AvgIpc) is 2.99. The molecule has 11 heteroatoms. The molecule has 1 fully saturated rings. The monoisotopic (exact) mass is 469 g/mol. The smallest absolute Gasteiger partial charge is 0.268 e. The maximum absolute atomic E-state index is 13.4. The van der Waals surface area contributed by atoms with E-state index >= 15 is 0 Å². The van der Waals surface area contributed by atoms with E-state index in [9.17, 15) is 27.5 Å². The number of benzene rings is 2. The van der Waals surface area contributed by atoms with Crippen LogP contribution in [-0.2, 0) is 26.0 Å². The molecule has 31 heavy (non-hydrogen) atoms. The molecule has 1 aliphatic heterocycles. The van der Waals surface area contributed by atoms with Crippen molar-refractivity contribution in [2.45, 2.75) is 18.6 Å². The molecule has 0 radical (unpaired) electrons. The molecule has 1 unspecified atom stereocenters. The summed E-state index contributed by atoms with van der Waals surface area (Å²) in [6.07, 6.45) is 0.951. The second-order valence-corrected chi connectivity index (χ2v) is 9.90. The Labute approximate surface area is 183 Å². The molecule has 1 aliphatic rings. The van der Waals surface area contributed by atoms with Crippen LogP contribution >= 0.6 is 11.6 Å². The van der Waals surface area contributed by atoms with Gasteiger partial charge in [-0.2, -0.15) is 0 Å². The number of nitrogens with one attached hydrogen (secondary N) is 2. The van der Waals surface area contributed by atoms with Gasteiger partial charge in [0, 0.05) is 42.2 Å². The zero-order valence-corrected chi connectivity index (χ0v) is 18.1. The molecule has 1 atom stereocenters. The summed E-state index contributed by atoms with van der Waals surface area (Å²) in [4.78, 5) is 26.7. The van der Waals surface area contributed by atoms with E-state index in [1.807, 2.05) is 0 Å². The second kappa shape index (κ2) is 8.81. The van der Waals surface area contributed by atoms with Crippen molar-refractivity contribution in [3.05, 3.63) is 58.9 Å². The number of carbonyl (C=O) groups excluding carboxylic acids is 2. The van der Waals surface area contributed by atoms with Crippen molar-refractivity contribution in [2.75, 3.05) is 28.9 Å². The number of anilines is 2. The van der Waals surface area contributed by atoms with Gasteiger partial charge in [-0.1, -0.05) is 17.7 Å². The van der Waals surface area contributed by atoms with Crippen molar-refractivity contribution in [1.82, 2.24) is 5.32 Å². The van der Waals surface area contributed by atoms with Crippen LogP contribution in [0.5, 0.6) is 0 Å². The molecule has 166 valence electrons. The minimum absolute atomic E-state index is 0.0874. The fourth-order valence-electron chi connectivity index (χ4n) is 3.20. The van der Waals surface area contributed by atoms with Crippen molar-refractivity contribution < 1.29 is 27.5 Å². The molecule has 0 aromatic heterocycles. The van der Waals surface area contributed by atoms with E-state index in [4.69, 9.17) is 11.6 Å². The van der Waals surface area contributed by atoms with Gasteiger partial charge in [0.25, 0.3) is 11.8 Å². The van der Waals surface area contributed by atoms with Crippen molar-refractivity contribution in [1.29, 1.82) is 0 Å². The molecule has 0 bridgehead atoms. The largest absolute Gasteiger partial charge is 0.372 e. The molecule has 0 spiro atoms. The molecule has 2 aromatic carbocycles. The van der Waals surface area contributed by atoms with Crippen LogP contribution in [0.15, 0.2) is 42.5 Å². The first kappa shape index (κ1) is 23.0. The lowest BCUT2D eigenvalue weighted by molar-refractivity contribution is -0.149. The van der Waals surface area contributed by atoms with Crippen molar-refractivity contribution in [3.8, 4) is 0 Å². The van der Waals surface area contributed by atoms with Crippen LogP contribution in [0.3, 0.4) is 0 Å². The summed E-state index contributed by atoms with van der Waals surface area (Å²) in [7, 11) is -3.25. The number of rotatable bonds is 7. The van der Waals surface area contributed by atoms with E-state index in [1.54, 1.807) is 24.3 Å². The predicted octanol–water partition coefficient (Wildman–Crippen LogP) is 1.68. The van der Waals surface area contributed by atoms with E-state index in [0.29, 0.717) is 16.9 Å². The van der Waals surface area contributed by atoms with E-state index in [-0.39, 0.29) is 30.4 Å². The molecular formula is C20H21ClFN3O5S. The van der Waals surface area contributed by atoms with Crippen LogP contribution in [0.1, 0.15) is 12.0 Å². The van der Waals surface area contributed by atoms with Crippen LogP contribution < -0.4 is 15.5 Å². The van der Waals surface area contributed by atoms with E-state index in [1.165, 1.54) is 17.0 Å². The molecule has 0 saturated carbocycles. The molecule has 3 rings (SSSR count). The highest BCUT2D eigenvalue weighted by Gasteiger charge is 2.51. The van der Waals surface area contributed by atoms with Gasteiger partial charge in [0.1, 0.15) is 11.7 Å². The molecule has 8 nitrogen and oxygen atoms in total. The normalized spacial score (nSPS) is 18.8. The van der Waals surface area contributed by atoms with Gasteiger partial charge >= 0.3 is 0 Å². The Morgan fingerprint density at radius 2 is 2.03 bits per heavy atom. The Bertz CT molecular complexity index is 1110. The van der Waals surface area contributed by atoms with E-state index < -0.39 is 33.1 Å². The summed E-state index contributed by atoms with van der Waals surface area (Å²) >= 11 is 5.79. The highest BCUT2D eigenvalue weighted by molar-refractivity contribution is 7.90. The standard InChI is InChI=1S/C20H21ClFN3O5S/c1-31(29,30)12-24-16-3-2-4-17(10-16)25-6-5-20(28,19(25)27)18(26)23-11-13-7-14(21)9-15(22)8-13/h2-4,7-10,24,28H,5-6,11-12H2,1H3,(H,23,26). The average molecular weight is 470 g/mol. The molecule has 1 saturated heterocycles. The van der Waals surface area contributed by atoms with Gasteiger partial charge in [-0.3, -0.25) is 9.59 Å². The summed E-state index contributed by atoms with van der Waals surface area (Å²) in [5.41, 5.74) is -1.01. The highest BCUT2D eigenvalue weighted by Crippen LogP contribution is 2.30. The molecule has 0 aliphatic carbocycles. The molecule has 3 N–H and O–H groups in total. The number of hydrogen-bond acceptors (Lipinski definition) is 6. The summed E-state index contributed by atoms with van der Waals surface area (Å²) in [6, 6.07) is 10.2. The summed E-state index contributed by atoms with van der Waals surface area (Å²) in [6.45, 7) is -0.0269. The van der Waals surface area contributed by atoms with Gasteiger partial charge in [0.2, 0.25) is 5.60 Å². The topological polar surface area (TPSA) is 116 Å². The zero-order valence-electron chi connectivity index (χ0n) is 16.6. The lowest BCUT2D eigenvalue weighted by Crippen LogP contribution is -2.52. The van der Waals surface area contributed by atoms with Crippen LogP contribution in [0, 0.1) is 5.82 Å². The van der Waals surface area contributed by atoms with Crippen LogP contribution in [-0.4, -0.2) is 49.6 Å². The quantitative estimate of drug-likeness (QED) is 0.531. The number of amides is 2. The maximum atomic E-state index is 13.4. The fraction of sp³-hybridized carbons (Fsp3) is 0.300. The first-order chi connectivity index (χ1) is 14.5. The van der Waals surface area contributed by atoms with E-state index in [0.717, 1.165) is 12.3 Å².